The van der Waals surface area contributed by atoms with Crippen molar-refractivity contribution in [1.82, 2.24) is 4.98 Å². The van der Waals surface area contributed by atoms with Gasteiger partial charge in [0.1, 0.15) is 0 Å². The molecular weight excluding hydrogens is 164 g/mol. The average molecular weight is 176 g/mol. The summed E-state index contributed by atoms with van der Waals surface area (Å²) < 4.78 is 0. The molecule has 0 aliphatic heterocycles. The molecule has 2 rings (SSSR count). The van der Waals surface area contributed by atoms with E-state index in [0.717, 1.165) is 30.6 Å². The second-order valence-corrected chi connectivity index (χ2v) is 3.32. The normalized spacial score (nSPS) is 13.9. The molecule has 3 heteroatoms. The minimum absolute atomic E-state index is 0.0136. The number of amides is 1. The van der Waals surface area contributed by atoms with Gasteiger partial charge in [-0.05, 0) is 30.9 Å². The van der Waals surface area contributed by atoms with Gasteiger partial charge in [0, 0.05) is 24.5 Å². The van der Waals surface area contributed by atoms with Crippen LogP contribution >= 0.6 is 0 Å². The van der Waals surface area contributed by atoms with E-state index in [1.165, 1.54) is 12.5 Å². The van der Waals surface area contributed by atoms with Crippen molar-refractivity contribution in [2.75, 3.05) is 5.32 Å². The third-order valence-electron chi connectivity index (χ3n) is 2.30. The maximum Gasteiger partial charge on any atom is 0.221 e. The van der Waals surface area contributed by atoms with Crippen LogP contribution in [0.5, 0.6) is 0 Å². The zero-order valence-electron chi connectivity index (χ0n) is 7.63. The summed E-state index contributed by atoms with van der Waals surface area (Å²) in [5, 5.41) is 2.83. The third kappa shape index (κ3) is 1.54. The first-order chi connectivity index (χ1) is 6.27. The van der Waals surface area contributed by atoms with E-state index in [-0.39, 0.29) is 5.91 Å². The van der Waals surface area contributed by atoms with Crippen LogP contribution in [0.2, 0.25) is 0 Å². The lowest BCUT2D eigenvalue weighted by Crippen LogP contribution is -2.08. The molecule has 3 nitrogen and oxygen atoms in total. The van der Waals surface area contributed by atoms with Crippen molar-refractivity contribution in [2.45, 2.75) is 26.2 Å². The molecule has 1 aromatic heterocycles. The first-order valence-electron chi connectivity index (χ1n) is 4.52. The summed E-state index contributed by atoms with van der Waals surface area (Å²) in [7, 11) is 0. The average Bonchev–Trinajstić information content (AvgIpc) is 2.51. The largest absolute Gasteiger partial charge is 0.326 e. The van der Waals surface area contributed by atoms with Crippen LogP contribution in [0, 0.1) is 0 Å². The standard InChI is InChI=1S/C10H12N2O/c1-7(13)12-10-5-6-11-9-4-2-3-8(9)10/h5-6H,2-4H2,1H3,(H,11,12,13). The highest BCUT2D eigenvalue weighted by Gasteiger charge is 2.15. The number of carbonyl (C=O) groups excluding carboxylic acids is 1. The van der Waals surface area contributed by atoms with Gasteiger partial charge in [0.25, 0.3) is 0 Å². The molecule has 13 heavy (non-hydrogen) atoms. The van der Waals surface area contributed by atoms with E-state index in [1.807, 2.05) is 6.07 Å². The Bertz CT molecular complexity index is 347. The number of hydrogen-bond donors (Lipinski definition) is 1. The minimum Gasteiger partial charge on any atom is -0.326 e. The molecule has 0 fully saturated rings. The van der Waals surface area contributed by atoms with E-state index < -0.39 is 0 Å². The van der Waals surface area contributed by atoms with Crippen LogP contribution in [0.1, 0.15) is 24.6 Å². The summed E-state index contributed by atoms with van der Waals surface area (Å²) in [5.41, 5.74) is 3.30. The van der Waals surface area contributed by atoms with E-state index in [1.54, 1.807) is 6.20 Å². The van der Waals surface area contributed by atoms with E-state index in [9.17, 15) is 4.79 Å². The number of rotatable bonds is 1. The summed E-state index contributed by atoms with van der Waals surface area (Å²) >= 11 is 0. The highest BCUT2D eigenvalue weighted by Crippen LogP contribution is 2.26. The first kappa shape index (κ1) is 8.23. The lowest BCUT2D eigenvalue weighted by Gasteiger charge is -2.06. The summed E-state index contributed by atoms with van der Waals surface area (Å²) in [5.74, 6) is -0.0136. The number of aryl methyl sites for hydroxylation is 1. The van der Waals surface area contributed by atoms with Crippen LogP contribution in [0.3, 0.4) is 0 Å². The molecule has 0 bridgehead atoms. The molecule has 0 radical (unpaired) electrons. The van der Waals surface area contributed by atoms with Crippen molar-refractivity contribution in [1.29, 1.82) is 0 Å². The van der Waals surface area contributed by atoms with Crippen molar-refractivity contribution in [3.05, 3.63) is 23.5 Å². The van der Waals surface area contributed by atoms with Gasteiger partial charge in [0.2, 0.25) is 5.91 Å². The van der Waals surface area contributed by atoms with Crippen LogP contribution in [0.4, 0.5) is 5.69 Å². The predicted octanol–water partition coefficient (Wildman–Crippen LogP) is 1.53. The number of hydrogen-bond acceptors (Lipinski definition) is 2. The molecule has 0 saturated carbocycles. The molecule has 1 N–H and O–H groups in total. The van der Waals surface area contributed by atoms with Gasteiger partial charge in [-0.2, -0.15) is 0 Å². The minimum atomic E-state index is -0.0136. The Morgan fingerprint density at radius 1 is 1.54 bits per heavy atom. The Hall–Kier alpha value is -1.38. The highest BCUT2D eigenvalue weighted by molar-refractivity contribution is 5.89. The maximum atomic E-state index is 10.9. The lowest BCUT2D eigenvalue weighted by molar-refractivity contribution is -0.114. The van der Waals surface area contributed by atoms with Gasteiger partial charge >= 0.3 is 0 Å². The molecule has 0 spiro atoms. The Balaban J connectivity index is 2.36. The van der Waals surface area contributed by atoms with Crippen molar-refractivity contribution in [2.24, 2.45) is 0 Å². The number of pyridine rings is 1. The number of fused-ring (bicyclic) bond motifs is 1. The van der Waals surface area contributed by atoms with Gasteiger partial charge in [-0.25, -0.2) is 0 Å². The Morgan fingerprint density at radius 2 is 2.38 bits per heavy atom. The van der Waals surface area contributed by atoms with Gasteiger partial charge in [0.05, 0.1) is 0 Å². The van der Waals surface area contributed by atoms with Gasteiger partial charge < -0.3 is 5.32 Å². The second-order valence-electron chi connectivity index (χ2n) is 3.32. The fourth-order valence-electron chi connectivity index (χ4n) is 1.77. The fraction of sp³-hybridized carbons (Fsp3) is 0.400. The second kappa shape index (κ2) is 3.17. The molecule has 1 aliphatic carbocycles. The highest BCUT2D eigenvalue weighted by atomic mass is 16.1. The molecule has 1 aromatic rings. The smallest absolute Gasteiger partial charge is 0.221 e. The Morgan fingerprint density at radius 3 is 3.15 bits per heavy atom. The number of carbonyl (C=O) groups is 1. The van der Waals surface area contributed by atoms with E-state index in [4.69, 9.17) is 0 Å². The first-order valence-corrected chi connectivity index (χ1v) is 4.52. The lowest BCUT2D eigenvalue weighted by atomic mass is 10.2. The zero-order valence-corrected chi connectivity index (χ0v) is 7.63. The molecule has 0 saturated heterocycles. The predicted molar refractivity (Wildman–Crippen MR) is 50.6 cm³/mol. The molecule has 1 heterocycles. The number of aromatic nitrogens is 1. The van der Waals surface area contributed by atoms with Crippen LogP contribution in [-0.2, 0) is 17.6 Å². The fourth-order valence-corrected chi connectivity index (χ4v) is 1.77. The summed E-state index contributed by atoms with van der Waals surface area (Å²) in [6.45, 7) is 1.53. The van der Waals surface area contributed by atoms with Crippen molar-refractivity contribution < 1.29 is 4.79 Å². The number of nitrogens with one attached hydrogen (secondary N) is 1. The van der Waals surface area contributed by atoms with Crippen LogP contribution in [-0.4, -0.2) is 10.9 Å². The molecule has 68 valence electrons. The number of nitrogens with zero attached hydrogens (tertiary/aromatic N) is 1. The molecule has 1 aliphatic rings. The molecule has 0 unspecified atom stereocenters. The van der Waals surface area contributed by atoms with Gasteiger partial charge in [-0.3, -0.25) is 9.78 Å². The zero-order chi connectivity index (χ0) is 9.26. The van der Waals surface area contributed by atoms with Crippen LogP contribution < -0.4 is 5.32 Å². The van der Waals surface area contributed by atoms with Crippen LogP contribution in [0.15, 0.2) is 12.3 Å². The van der Waals surface area contributed by atoms with Crippen molar-refractivity contribution >= 4 is 11.6 Å². The number of anilines is 1. The summed E-state index contributed by atoms with van der Waals surface area (Å²) in [4.78, 5) is 15.2. The molecule has 0 aromatic carbocycles. The summed E-state index contributed by atoms with van der Waals surface area (Å²) in [6.07, 6.45) is 5.00. The third-order valence-corrected chi connectivity index (χ3v) is 2.30. The topological polar surface area (TPSA) is 42.0 Å². The van der Waals surface area contributed by atoms with Crippen LogP contribution in [0.25, 0.3) is 0 Å². The van der Waals surface area contributed by atoms with Crippen molar-refractivity contribution in [3.63, 3.8) is 0 Å². The molecular formula is C10H12N2O. The van der Waals surface area contributed by atoms with E-state index >= 15 is 0 Å². The summed E-state index contributed by atoms with van der Waals surface area (Å²) in [6, 6.07) is 1.87. The van der Waals surface area contributed by atoms with Crippen molar-refractivity contribution in [3.8, 4) is 0 Å². The molecule has 1 amide bonds. The van der Waals surface area contributed by atoms with Gasteiger partial charge in [-0.15, -0.1) is 0 Å². The quantitative estimate of drug-likeness (QED) is 0.705. The van der Waals surface area contributed by atoms with E-state index in [0.29, 0.717) is 0 Å². The Kier molecular flexibility index (Phi) is 2.00. The molecule has 0 atom stereocenters. The van der Waals surface area contributed by atoms with Gasteiger partial charge in [0.15, 0.2) is 0 Å². The van der Waals surface area contributed by atoms with E-state index in [2.05, 4.69) is 10.3 Å². The SMILES string of the molecule is CC(=O)Nc1ccnc2c1CCC2. The van der Waals surface area contributed by atoms with Gasteiger partial charge in [-0.1, -0.05) is 0 Å². The Labute approximate surface area is 77.2 Å². The monoisotopic (exact) mass is 176 g/mol. The maximum absolute atomic E-state index is 10.9.